The average molecular weight is 571 g/mol. The van der Waals surface area contributed by atoms with Crippen LogP contribution in [0.25, 0.3) is 0 Å². The maximum Gasteiger partial charge on any atom is 0.505 e. The van der Waals surface area contributed by atoms with Gasteiger partial charge in [-0.25, -0.2) is 0 Å². The van der Waals surface area contributed by atoms with Gasteiger partial charge >= 0.3 is 53.2 Å². The minimum atomic E-state index is -4.72. The maximum absolute atomic E-state index is 11.4. The molecule has 0 amide bonds. The van der Waals surface area contributed by atoms with Gasteiger partial charge in [0, 0.05) is 40.2 Å². The molecule has 0 atom stereocenters. The minimum Gasteiger partial charge on any atom is -0.283 e. The molecule has 0 rings (SSSR count). The first-order valence-corrected chi connectivity index (χ1v) is 7.41. The van der Waals surface area contributed by atoms with Crippen LogP contribution in [0.5, 0.6) is 0 Å². The number of alkyl halides is 9. The summed E-state index contributed by atoms with van der Waals surface area (Å²) >= 11 is 0. The van der Waals surface area contributed by atoms with Crippen LogP contribution in [-0.2, 0) is 19.5 Å². The molecule has 0 aromatic rings. The van der Waals surface area contributed by atoms with Crippen molar-refractivity contribution in [3.8, 4) is 0 Å². The maximum atomic E-state index is 11.4. The number of halogens is 9. The normalized spacial score (nSPS) is 10.8. The molecule has 0 aliphatic carbocycles. The Hall–Kier alpha value is -1.99. The van der Waals surface area contributed by atoms with E-state index in [1.54, 1.807) is 0 Å². The molecular weight excluding hydrogens is 550 g/mol. The topological polar surface area (TPSA) is 128 Å². The third kappa shape index (κ3) is 24.2. The molecule has 0 aliphatic heterocycles. The predicted octanol–water partition coefficient (Wildman–Crippen LogP) is 3.14. The number of hydrogen-bond acceptors (Lipinski definition) is 0. The van der Waals surface area contributed by atoms with Gasteiger partial charge in [0.15, 0.2) is 19.3 Å². The number of rotatable bonds is 6. The molecule has 0 unspecified atom stereocenters. The standard InChI is InChI=1S/3C5H5F3O2.Rh/c3*1-3(9)2-4(10)5(6,7)8;/h3*2H2,1H3;/p+6. The van der Waals surface area contributed by atoms with Crippen molar-refractivity contribution in [2.24, 2.45) is 0 Å². The van der Waals surface area contributed by atoms with Gasteiger partial charge in [-0.3, -0.25) is 28.8 Å². The van der Waals surface area contributed by atoms with E-state index in [0.717, 1.165) is 20.8 Å². The number of carbonyl (C=O) groups excluding carboxylic acids is 6. The van der Waals surface area contributed by atoms with E-state index in [2.05, 4.69) is 0 Å². The zero-order valence-electron chi connectivity index (χ0n) is 16.0. The second-order valence-corrected chi connectivity index (χ2v) is 5.57. The van der Waals surface area contributed by atoms with E-state index < -0.39 is 72.5 Å². The molecule has 0 aliphatic rings. The van der Waals surface area contributed by atoms with E-state index in [1.165, 1.54) is 0 Å². The summed E-state index contributed by atoms with van der Waals surface area (Å²) in [7, 11) is 0. The van der Waals surface area contributed by atoms with Gasteiger partial charge in [-0.15, -0.1) is 0 Å². The third-order valence-electron chi connectivity index (χ3n) is 2.25. The largest absolute Gasteiger partial charge is 0.505 e. The molecule has 0 aromatic heterocycles. The van der Waals surface area contributed by atoms with Crippen LogP contribution in [0.1, 0.15) is 40.0 Å². The SMILES string of the molecule is CC(=[OH+])CC(=[OH+])C(F)(F)F.CC(=[OH+])CC(=[OH+])C(F)(F)F.CC(=[OH+])CC(=[OH+])C(F)(F)F.[Rh]. The Morgan fingerprint density at radius 1 is 0.452 bits per heavy atom. The first-order valence-electron chi connectivity index (χ1n) is 7.41. The molecule has 183 valence electrons. The van der Waals surface area contributed by atoms with E-state index in [4.69, 9.17) is 28.8 Å². The van der Waals surface area contributed by atoms with Crippen molar-refractivity contribution >= 4 is 34.7 Å². The van der Waals surface area contributed by atoms with Crippen molar-refractivity contribution in [3.63, 3.8) is 0 Å². The van der Waals surface area contributed by atoms with Crippen molar-refractivity contribution in [1.29, 1.82) is 0 Å². The van der Waals surface area contributed by atoms with Gasteiger partial charge in [-0.1, -0.05) is 0 Å². The molecule has 6 N–H and O–H groups in total. The van der Waals surface area contributed by atoms with E-state index >= 15 is 0 Å². The molecule has 1 radical (unpaired) electrons. The van der Waals surface area contributed by atoms with E-state index in [0.29, 0.717) is 0 Å². The fraction of sp³-hybridized carbons (Fsp3) is 0.600. The summed E-state index contributed by atoms with van der Waals surface area (Å²) in [6.45, 7) is 3.26. The fourth-order valence-electron chi connectivity index (χ4n) is 1.03. The second kappa shape index (κ2) is 14.9. The van der Waals surface area contributed by atoms with Crippen LogP contribution < -0.4 is 0 Å². The van der Waals surface area contributed by atoms with Gasteiger partial charge in [-0.05, 0) is 0 Å². The summed E-state index contributed by atoms with van der Waals surface area (Å²) in [5.41, 5.74) is 0. The smallest absolute Gasteiger partial charge is 0.283 e. The summed E-state index contributed by atoms with van der Waals surface area (Å²) in [6, 6.07) is 0. The van der Waals surface area contributed by atoms with Crippen LogP contribution in [0.4, 0.5) is 39.5 Å². The van der Waals surface area contributed by atoms with Crippen LogP contribution in [0.2, 0.25) is 0 Å². The summed E-state index contributed by atoms with van der Waals surface area (Å²) in [4.78, 5) is 49.5. The van der Waals surface area contributed by atoms with Crippen molar-refractivity contribution in [3.05, 3.63) is 0 Å². The summed E-state index contributed by atoms with van der Waals surface area (Å²) < 4.78 is 103. The van der Waals surface area contributed by atoms with Crippen molar-refractivity contribution in [1.82, 2.24) is 0 Å². The van der Waals surface area contributed by atoms with Crippen LogP contribution in [-0.4, -0.2) is 82.0 Å². The summed E-state index contributed by atoms with van der Waals surface area (Å²) in [6.07, 6.45) is -16.6. The third-order valence-corrected chi connectivity index (χ3v) is 2.25. The molecule has 0 heterocycles. The molecule has 16 heteroatoms. The second-order valence-electron chi connectivity index (χ2n) is 5.57. The van der Waals surface area contributed by atoms with E-state index in [1.807, 2.05) is 0 Å². The van der Waals surface area contributed by atoms with Gasteiger partial charge in [-0.2, -0.15) is 39.5 Å². The Morgan fingerprint density at radius 3 is 0.613 bits per heavy atom. The molecule has 0 saturated heterocycles. The zero-order chi connectivity index (χ0) is 25.1. The van der Waals surface area contributed by atoms with Crippen LogP contribution in [0.3, 0.4) is 0 Å². The van der Waals surface area contributed by atoms with Crippen molar-refractivity contribution < 1.29 is 87.8 Å². The fourth-order valence-corrected chi connectivity index (χ4v) is 1.03. The molecule has 0 aromatic carbocycles. The van der Waals surface area contributed by atoms with Gasteiger partial charge < -0.3 is 0 Å². The summed E-state index contributed by atoms with van der Waals surface area (Å²) in [5.74, 6) is -6.41. The number of ketones is 6. The molecule has 0 fully saturated rings. The Kier molecular flexibility index (Phi) is 17.5. The molecular formula is C15H21F9O6Rh+6. The minimum absolute atomic E-state index is 0. The van der Waals surface area contributed by atoms with E-state index in [-0.39, 0.29) is 19.5 Å². The van der Waals surface area contributed by atoms with Gasteiger partial charge in [0.2, 0.25) is 0 Å². The molecule has 0 spiro atoms. The molecule has 0 bridgehead atoms. The Bertz CT molecular complexity index is 573. The van der Waals surface area contributed by atoms with Gasteiger partial charge in [0.25, 0.3) is 0 Å². The Balaban J connectivity index is -0.000000174. The monoisotopic (exact) mass is 571 g/mol. The Labute approximate surface area is 181 Å². The average Bonchev–Trinajstić information content (AvgIpc) is 2.43. The zero-order valence-corrected chi connectivity index (χ0v) is 17.7. The predicted molar refractivity (Wildman–Crippen MR) is 90.7 cm³/mol. The quantitative estimate of drug-likeness (QED) is 0.201. The summed E-state index contributed by atoms with van der Waals surface area (Å²) in [5, 5.41) is 0. The van der Waals surface area contributed by atoms with Crippen molar-refractivity contribution in [2.45, 2.75) is 58.6 Å². The van der Waals surface area contributed by atoms with Gasteiger partial charge in [0.1, 0.15) is 0 Å². The molecule has 31 heavy (non-hydrogen) atoms. The Morgan fingerprint density at radius 2 is 0.581 bits per heavy atom. The molecule has 0 saturated carbocycles. The first kappa shape index (κ1) is 36.4. The van der Waals surface area contributed by atoms with Gasteiger partial charge in [0.05, 0.1) is 0 Å². The molecule has 6 nitrogen and oxygen atoms in total. The van der Waals surface area contributed by atoms with Crippen molar-refractivity contribution in [2.75, 3.05) is 0 Å². The van der Waals surface area contributed by atoms with Crippen LogP contribution >= 0.6 is 0 Å². The van der Waals surface area contributed by atoms with Crippen LogP contribution in [0.15, 0.2) is 0 Å². The first-order chi connectivity index (χ1) is 13.0. The van der Waals surface area contributed by atoms with E-state index in [9.17, 15) is 39.5 Å². The number of hydrogen-bond donors (Lipinski definition) is 0. The van der Waals surface area contributed by atoms with Crippen LogP contribution in [0, 0.1) is 0 Å².